The summed E-state index contributed by atoms with van der Waals surface area (Å²) in [6.07, 6.45) is 6.02. The Morgan fingerprint density at radius 3 is 2.74 bits per heavy atom. The van der Waals surface area contributed by atoms with Crippen LogP contribution in [0.2, 0.25) is 0 Å². The van der Waals surface area contributed by atoms with E-state index in [1.54, 1.807) is 18.5 Å². The summed E-state index contributed by atoms with van der Waals surface area (Å²) < 4.78 is 36.7. The molecule has 3 heterocycles. The smallest absolute Gasteiger partial charge is 0.356 e. The average Bonchev–Trinajstić information content (AvgIpc) is 3.35. The van der Waals surface area contributed by atoms with Gasteiger partial charge < -0.3 is 14.6 Å². The molecular weight excluding hydrogens is 448 g/mol. The predicted octanol–water partition coefficient (Wildman–Crippen LogP) is 3.18. The van der Waals surface area contributed by atoms with Gasteiger partial charge in [-0.2, -0.15) is 0 Å². The third-order valence-corrected chi connectivity index (χ3v) is 5.31. The zero-order valence-corrected chi connectivity index (χ0v) is 17.8. The molecule has 3 aromatic heterocycles. The molecule has 0 unspecified atom stereocenters. The number of esters is 1. The summed E-state index contributed by atoms with van der Waals surface area (Å²) in [5.41, 5.74) is -0.296. The minimum absolute atomic E-state index is 0.0893. The number of ether oxygens (including phenoxy) is 1. The number of rotatable bonds is 6. The second kappa shape index (κ2) is 8.46. The fourth-order valence-electron chi connectivity index (χ4n) is 3.50. The summed E-state index contributed by atoms with van der Waals surface area (Å²) in [7, 11) is 1.16. The summed E-state index contributed by atoms with van der Waals surface area (Å²) in [6.45, 7) is 0. The monoisotopic (exact) mass is 465 g/mol. The van der Waals surface area contributed by atoms with E-state index in [9.17, 15) is 18.4 Å². The summed E-state index contributed by atoms with van der Waals surface area (Å²) >= 11 is 0. The number of benzene rings is 1. The third kappa shape index (κ3) is 3.89. The van der Waals surface area contributed by atoms with Crippen molar-refractivity contribution in [3.05, 3.63) is 72.1 Å². The highest BCUT2D eigenvalue weighted by atomic mass is 19.1. The molecule has 0 atom stereocenters. The fourth-order valence-corrected chi connectivity index (χ4v) is 3.50. The highest BCUT2D eigenvalue weighted by molar-refractivity contribution is 6.04. The van der Waals surface area contributed by atoms with Gasteiger partial charge in [0.15, 0.2) is 11.5 Å². The lowest BCUT2D eigenvalue weighted by Gasteiger charge is -2.12. The quantitative estimate of drug-likeness (QED) is 0.435. The first-order valence-corrected chi connectivity index (χ1v) is 10.2. The zero-order chi connectivity index (χ0) is 23.8. The van der Waals surface area contributed by atoms with Crippen LogP contribution in [0.4, 0.5) is 14.6 Å². The normalized spacial score (nSPS) is 13.0. The summed E-state index contributed by atoms with van der Waals surface area (Å²) in [5.74, 6) is -2.99. The Morgan fingerprint density at radius 1 is 1.15 bits per heavy atom. The van der Waals surface area contributed by atoms with Crippen molar-refractivity contribution < 1.29 is 23.1 Å². The molecule has 1 saturated carbocycles. The molecule has 0 bridgehead atoms. The number of nitrogens with one attached hydrogen (secondary N) is 1. The number of aromatic nitrogens is 6. The van der Waals surface area contributed by atoms with Gasteiger partial charge in [-0.15, -0.1) is 10.2 Å². The minimum Gasteiger partial charge on any atom is -0.464 e. The van der Waals surface area contributed by atoms with Gasteiger partial charge in [0.2, 0.25) is 0 Å². The number of hydrogen-bond donors (Lipinski definition) is 1. The number of imidazole rings is 1. The van der Waals surface area contributed by atoms with E-state index in [4.69, 9.17) is 0 Å². The number of carbonyl (C=O) groups is 2. The molecule has 0 saturated heterocycles. The van der Waals surface area contributed by atoms with Crippen molar-refractivity contribution >= 4 is 17.7 Å². The number of nitrogens with zero attached hydrogens (tertiary/aromatic N) is 6. The highest BCUT2D eigenvalue weighted by Crippen LogP contribution is 2.37. The van der Waals surface area contributed by atoms with Crippen LogP contribution in [-0.2, 0) is 4.74 Å². The first-order chi connectivity index (χ1) is 16.5. The van der Waals surface area contributed by atoms with Crippen molar-refractivity contribution in [3.8, 4) is 17.2 Å². The standard InChI is InChI=1S/C22H17F2N7O3/c1-34-22(33)18-9-25-10-31(18)17-7-13(14(23)8-15(17)24)21(32)28-19-4-2-3-16(27-19)20-29-26-11-30(20)12-5-6-12/h2-4,7-12H,5-6H2,1H3,(H,27,28,32). The van der Waals surface area contributed by atoms with Gasteiger partial charge in [0, 0.05) is 12.1 Å². The maximum Gasteiger partial charge on any atom is 0.356 e. The van der Waals surface area contributed by atoms with Crippen molar-refractivity contribution in [2.24, 2.45) is 0 Å². The molecule has 172 valence electrons. The van der Waals surface area contributed by atoms with Crippen LogP contribution in [0, 0.1) is 11.6 Å². The number of pyridine rings is 1. The molecule has 1 fully saturated rings. The topological polar surface area (TPSA) is 117 Å². The number of hydrogen-bond acceptors (Lipinski definition) is 7. The van der Waals surface area contributed by atoms with Crippen LogP contribution < -0.4 is 5.32 Å². The molecule has 0 radical (unpaired) electrons. The average molecular weight is 465 g/mol. The lowest BCUT2D eigenvalue weighted by Crippen LogP contribution is -2.17. The van der Waals surface area contributed by atoms with Gasteiger partial charge in [-0.25, -0.2) is 23.5 Å². The van der Waals surface area contributed by atoms with E-state index in [0.717, 1.165) is 36.9 Å². The molecular formula is C22H17F2N7O3. The van der Waals surface area contributed by atoms with E-state index >= 15 is 0 Å². The largest absolute Gasteiger partial charge is 0.464 e. The molecule has 1 amide bonds. The second-order valence-corrected chi connectivity index (χ2v) is 7.58. The van der Waals surface area contributed by atoms with Crippen molar-refractivity contribution in [1.29, 1.82) is 0 Å². The molecule has 1 aliphatic carbocycles. The van der Waals surface area contributed by atoms with Crippen LogP contribution in [0.25, 0.3) is 17.2 Å². The fraction of sp³-hybridized carbons (Fsp3) is 0.182. The Bertz CT molecular complexity index is 1410. The Balaban J connectivity index is 1.45. The first-order valence-electron chi connectivity index (χ1n) is 10.2. The summed E-state index contributed by atoms with van der Waals surface area (Å²) in [5, 5.41) is 10.6. The van der Waals surface area contributed by atoms with E-state index in [-0.39, 0.29) is 17.2 Å². The van der Waals surface area contributed by atoms with Crippen LogP contribution in [0.3, 0.4) is 0 Å². The van der Waals surface area contributed by atoms with Gasteiger partial charge in [-0.05, 0) is 31.0 Å². The van der Waals surface area contributed by atoms with Crippen LogP contribution >= 0.6 is 0 Å². The van der Waals surface area contributed by atoms with E-state index in [0.29, 0.717) is 23.6 Å². The molecule has 10 nitrogen and oxygen atoms in total. The molecule has 5 rings (SSSR count). The van der Waals surface area contributed by atoms with Gasteiger partial charge in [0.1, 0.15) is 29.5 Å². The molecule has 1 aromatic carbocycles. The number of amides is 1. The molecule has 12 heteroatoms. The summed E-state index contributed by atoms with van der Waals surface area (Å²) in [4.78, 5) is 33.0. The van der Waals surface area contributed by atoms with Crippen molar-refractivity contribution in [2.45, 2.75) is 18.9 Å². The lowest BCUT2D eigenvalue weighted by atomic mass is 10.1. The molecule has 0 spiro atoms. The molecule has 0 aliphatic heterocycles. The molecule has 1 N–H and O–H groups in total. The maximum atomic E-state index is 14.5. The Labute approximate surface area is 191 Å². The van der Waals surface area contributed by atoms with E-state index in [1.165, 1.54) is 12.3 Å². The lowest BCUT2D eigenvalue weighted by molar-refractivity contribution is 0.0591. The first kappa shape index (κ1) is 21.4. The number of anilines is 1. The van der Waals surface area contributed by atoms with Crippen molar-refractivity contribution in [3.63, 3.8) is 0 Å². The molecule has 34 heavy (non-hydrogen) atoms. The number of methoxy groups -OCH3 is 1. The molecule has 1 aliphatic rings. The van der Waals surface area contributed by atoms with Crippen LogP contribution in [0.5, 0.6) is 0 Å². The zero-order valence-electron chi connectivity index (χ0n) is 17.8. The van der Waals surface area contributed by atoms with E-state index in [1.807, 2.05) is 4.57 Å². The van der Waals surface area contributed by atoms with Crippen molar-refractivity contribution in [1.82, 2.24) is 29.3 Å². The molecule has 4 aromatic rings. The highest BCUT2D eigenvalue weighted by Gasteiger charge is 2.27. The Morgan fingerprint density at radius 2 is 1.97 bits per heavy atom. The predicted molar refractivity (Wildman–Crippen MR) is 114 cm³/mol. The maximum absolute atomic E-state index is 14.5. The number of halogens is 2. The van der Waals surface area contributed by atoms with E-state index in [2.05, 4.69) is 30.2 Å². The van der Waals surface area contributed by atoms with E-state index < -0.39 is 29.1 Å². The Hall–Kier alpha value is -4.48. The van der Waals surface area contributed by atoms with Gasteiger partial charge in [-0.3, -0.25) is 9.36 Å². The van der Waals surface area contributed by atoms with Crippen molar-refractivity contribution in [2.75, 3.05) is 12.4 Å². The minimum atomic E-state index is -1.08. The SMILES string of the molecule is COC(=O)c1cncn1-c1cc(C(=O)Nc2cccc(-c3nncn3C3CC3)n2)c(F)cc1F. The Kier molecular flexibility index (Phi) is 5.32. The van der Waals surface area contributed by atoms with Gasteiger partial charge >= 0.3 is 5.97 Å². The second-order valence-electron chi connectivity index (χ2n) is 7.58. The van der Waals surface area contributed by atoms with Crippen LogP contribution in [-0.4, -0.2) is 48.3 Å². The number of carbonyl (C=O) groups excluding carboxylic acids is 2. The third-order valence-electron chi connectivity index (χ3n) is 5.31. The van der Waals surface area contributed by atoms with Crippen LogP contribution in [0.15, 0.2) is 49.2 Å². The van der Waals surface area contributed by atoms with Gasteiger partial charge in [0.05, 0.1) is 30.9 Å². The van der Waals surface area contributed by atoms with Gasteiger partial charge in [0.25, 0.3) is 5.91 Å². The summed E-state index contributed by atoms with van der Waals surface area (Å²) in [6, 6.07) is 6.81. The van der Waals surface area contributed by atoms with Crippen LogP contribution in [0.1, 0.15) is 39.7 Å². The van der Waals surface area contributed by atoms with Gasteiger partial charge in [-0.1, -0.05) is 6.07 Å².